The van der Waals surface area contributed by atoms with Gasteiger partial charge in [0.2, 0.25) is 0 Å². The fourth-order valence-electron chi connectivity index (χ4n) is 1.79. The van der Waals surface area contributed by atoms with Gasteiger partial charge in [0.05, 0.1) is 12.1 Å². The number of unbranched alkanes of at least 4 members (excludes halogenated alkanes) is 1. The van der Waals surface area contributed by atoms with E-state index in [1.807, 2.05) is 6.21 Å². The molecule has 76 valence electrons. The van der Waals surface area contributed by atoms with Gasteiger partial charge in [0.25, 0.3) is 0 Å². The molecule has 0 radical (unpaired) electrons. The standard InChI is InChI=1S/C11H21NO/c1-2-3-7-11(13)9-10-6-4-5-8-12-10/h8,10-11,13H,2-7,9H2,1H3. The summed E-state index contributed by atoms with van der Waals surface area (Å²) in [5.74, 6) is 0. The molecule has 1 N–H and O–H groups in total. The fourth-order valence-corrected chi connectivity index (χ4v) is 1.79. The summed E-state index contributed by atoms with van der Waals surface area (Å²) in [5.41, 5.74) is 0. The van der Waals surface area contributed by atoms with Crippen LogP contribution >= 0.6 is 0 Å². The minimum absolute atomic E-state index is 0.125. The molecule has 2 atom stereocenters. The number of nitrogens with zero attached hydrogens (tertiary/aromatic N) is 1. The van der Waals surface area contributed by atoms with Crippen LogP contribution in [0.15, 0.2) is 4.99 Å². The lowest BCUT2D eigenvalue weighted by Crippen LogP contribution is -2.18. The summed E-state index contributed by atoms with van der Waals surface area (Å²) in [4.78, 5) is 4.39. The van der Waals surface area contributed by atoms with E-state index < -0.39 is 0 Å². The highest BCUT2D eigenvalue weighted by Gasteiger charge is 2.14. The molecule has 0 aliphatic carbocycles. The number of aliphatic imine (C=N–C) groups is 1. The Kier molecular flexibility index (Phi) is 5.06. The molecule has 2 unspecified atom stereocenters. The summed E-state index contributed by atoms with van der Waals surface area (Å²) in [6, 6.07) is 0.403. The Bertz CT molecular complexity index is 156. The van der Waals surface area contributed by atoms with E-state index in [2.05, 4.69) is 11.9 Å². The van der Waals surface area contributed by atoms with E-state index in [9.17, 15) is 5.11 Å². The van der Waals surface area contributed by atoms with Crippen molar-refractivity contribution in [3.8, 4) is 0 Å². The molecule has 1 rings (SSSR count). The normalized spacial score (nSPS) is 24.6. The van der Waals surface area contributed by atoms with E-state index in [0.717, 1.165) is 25.7 Å². The van der Waals surface area contributed by atoms with E-state index in [-0.39, 0.29) is 6.10 Å². The summed E-state index contributed by atoms with van der Waals surface area (Å²) in [6.07, 6.45) is 9.55. The second kappa shape index (κ2) is 6.14. The van der Waals surface area contributed by atoms with Crippen molar-refractivity contribution in [2.24, 2.45) is 4.99 Å². The molecule has 0 saturated heterocycles. The molecule has 0 spiro atoms. The zero-order valence-electron chi connectivity index (χ0n) is 8.58. The molecule has 1 heterocycles. The van der Waals surface area contributed by atoms with Crippen molar-refractivity contribution >= 4 is 6.21 Å². The number of hydrogen-bond donors (Lipinski definition) is 1. The van der Waals surface area contributed by atoms with Crippen LogP contribution in [0.5, 0.6) is 0 Å². The van der Waals surface area contributed by atoms with Gasteiger partial charge in [-0.1, -0.05) is 19.8 Å². The number of aliphatic hydroxyl groups excluding tert-OH is 1. The van der Waals surface area contributed by atoms with Gasteiger partial charge in [-0.3, -0.25) is 4.99 Å². The molecule has 0 aromatic heterocycles. The predicted molar refractivity (Wildman–Crippen MR) is 56.3 cm³/mol. The van der Waals surface area contributed by atoms with Crippen molar-refractivity contribution < 1.29 is 5.11 Å². The van der Waals surface area contributed by atoms with Crippen molar-refractivity contribution in [1.29, 1.82) is 0 Å². The third-order valence-electron chi connectivity index (χ3n) is 2.62. The van der Waals surface area contributed by atoms with Crippen LogP contribution < -0.4 is 0 Å². The number of hydrogen-bond acceptors (Lipinski definition) is 2. The fraction of sp³-hybridized carbons (Fsp3) is 0.909. The summed E-state index contributed by atoms with van der Waals surface area (Å²) in [5, 5.41) is 9.66. The molecule has 2 nitrogen and oxygen atoms in total. The zero-order valence-corrected chi connectivity index (χ0v) is 8.58. The van der Waals surface area contributed by atoms with E-state index in [0.29, 0.717) is 6.04 Å². The summed E-state index contributed by atoms with van der Waals surface area (Å²) < 4.78 is 0. The molecule has 13 heavy (non-hydrogen) atoms. The summed E-state index contributed by atoms with van der Waals surface area (Å²) in [7, 11) is 0. The van der Waals surface area contributed by atoms with Gasteiger partial charge in [-0.05, 0) is 38.3 Å². The van der Waals surface area contributed by atoms with Crippen molar-refractivity contribution in [3.05, 3.63) is 0 Å². The Morgan fingerprint density at radius 3 is 3.08 bits per heavy atom. The molecule has 0 amide bonds. The molecule has 1 aliphatic heterocycles. The maximum atomic E-state index is 9.66. The molecule has 0 aromatic carbocycles. The second-order valence-electron chi connectivity index (χ2n) is 3.95. The summed E-state index contributed by atoms with van der Waals surface area (Å²) in [6.45, 7) is 2.16. The monoisotopic (exact) mass is 183 g/mol. The van der Waals surface area contributed by atoms with Crippen molar-refractivity contribution in [1.82, 2.24) is 0 Å². The largest absolute Gasteiger partial charge is 0.393 e. The maximum absolute atomic E-state index is 9.66. The molecule has 1 aliphatic rings. The lowest BCUT2D eigenvalue weighted by atomic mass is 9.99. The van der Waals surface area contributed by atoms with Gasteiger partial charge in [0.15, 0.2) is 0 Å². The van der Waals surface area contributed by atoms with Crippen LogP contribution in [-0.4, -0.2) is 23.5 Å². The first-order valence-corrected chi connectivity index (χ1v) is 5.52. The van der Waals surface area contributed by atoms with Crippen LogP contribution in [0.2, 0.25) is 0 Å². The van der Waals surface area contributed by atoms with Crippen molar-refractivity contribution in [3.63, 3.8) is 0 Å². The van der Waals surface area contributed by atoms with E-state index in [1.54, 1.807) is 0 Å². The highest BCUT2D eigenvalue weighted by Crippen LogP contribution is 2.16. The Labute approximate surface area is 81.1 Å². The van der Waals surface area contributed by atoms with E-state index in [4.69, 9.17) is 0 Å². The Balaban J connectivity index is 2.14. The van der Waals surface area contributed by atoms with Crippen LogP contribution in [0.3, 0.4) is 0 Å². The average molecular weight is 183 g/mol. The smallest absolute Gasteiger partial charge is 0.0560 e. The van der Waals surface area contributed by atoms with Gasteiger partial charge in [0, 0.05) is 0 Å². The van der Waals surface area contributed by atoms with Gasteiger partial charge in [-0.15, -0.1) is 0 Å². The quantitative estimate of drug-likeness (QED) is 0.698. The minimum atomic E-state index is -0.125. The van der Waals surface area contributed by atoms with E-state index in [1.165, 1.54) is 19.3 Å². The second-order valence-corrected chi connectivity index (χ2v) is 3.95. The molecule has 2 heteroatoms. The third-order valence-corrected chi connectivity index (χ3v) is 2.62. The van der Waals surface area contributed by atoms with E-state index >= 15 is 0 Å². The first-order chi connectivity index (χ1) is 6.33. The minimum Gasteiger partial charge on any atom is -0.393 e. The highest BCUT2D eigenvalue weighted by molar-refractivity contribution is 5.58. The molecule has 0 saturated carbocycles. The molecular weight excluding hydrogens is 162 g/mol. The Hall–Kier alpha value is -0.370. The van der Waals surface area contributed by atoms with Crippen LogP contribution in [0.25, 0.3) is 0 Å². The van der Waals surface area contributed by atoms with Crippen LogP contribution in [-0.2, 0) is 0 Å². The predicted octanol–water partition coefficient (Wildman–Crippen LogP) is 2.55. The first kappa shape index (κ1) is 10.7. The summed E-state index contributed by atoms with van der Waals surface area (Å²) >= 11 is 0. The molecule has 0 aromatic rings. The SMILES string of the molecule is CCCCC(O)CC1CCCC=N1. The maximum Gasteiger partial charge on any atom is 0.0560 e. The van der Waals surface area contributed by atoms with Crippen molar-refractivity contribution in [2.75, 3.05) is 0 Å². The van der Waals surface area contributed by atoms with Gasteiger partial charge >= 0.3 is 0 Å². The van der Waals surface area contributed by atoms with Crippen LogP contribution in [0.4, 0.5) is 0 Å². The third kappa shape index (κ3) is 4.41. The Morgan fingerprint density at radius 2 is 2.46 bits per heavy atom. The van der Waals surface area contributed by atoms with Gasteiger partial charge in [-0.2, -0.15) is 0 Å². The average Bonchev–Trinajstić information content (AvgIpc) is 2.16. The topological polar surface area (TPSA) is 32.6 Å². The molecule has 0 bridgehead atoms. The molecular formula is C11H21NO. The van der Waals surface area contributed by atoms with Gasteiger partial charge < -0.3 is 5.11 Å². The van der Waals surface area contributed by atoms with Gasteiger partial charge in [0.1, 0.15) is 0 Å². The van der Waals surface area contributed by atoms with Crippen LogP contribution in [0, 0.1) is 0 Å². The highest BCUT2D eigenvalue weighted by atomic mass is 16.3. The zero-order chi connectivity index (χ0) is 9.52. The van der Waals surface area contributed by atoms with Gasteiger partial charge in [-0.25, -0.2) is 0 Å². The van der Waals surface area contributed by atoms with Crippen LogP contribution in [0.1, 0.15) is 51.9 Å². The molecule has 0 fully saturated rings. The first-order valence-electron chi connectivity index (χ1n) is 5.52. The number of rotatable bonds is 5. The van der Waals surface area contributed by atoms with Crippen molar-refractivity contribution in [2.45, 2.75) is 64.0 Å². The lowest BCUT2D eigenvalue weighted by Gasteiger charge is -2.18. The number of aliphatic hydroxyl groups is 1. The Morgan fingerprint density at radius 1 is 1.62 bits per heavy atom. The lowest BCUT2D eigenvalue weighted by molar-refractivity contribution is 0.141.